The van der Waals surface area contributed by atoms with Gasteiger partial charge in [-0.15, -0.1) is 0 Å². The lowest BCUT2D eigenvalue weighted by Gasteiger charge is -2.26. The second kappa shape index (κ2) is 8.48. The van der Waals surface area contributed by atoms with E-state index in [0.29, 0.717) is 22.9 Å². The van der Waals surface area contributed by atoms with E-state index in [1.54, 1.807) is 12.1 Å². The maximum Gasteiger partial charge on any atom is 0.232 e. The van der Waals surface area contributed by atoms with E-state index < -0.39 is 10.0 Å². The summed E-state index contributed by atoms with van der Waals surface area (Å²) < 4.78 is 41.6. The molecule has 0 spiro atoms. The van der Waals surface area contributed by atoms with E-state index in [1.807, 2.05) is 0 Å². The van der Waals surface area contributed by atoms with Crippen molar-refractivity contribution in [3.63, 3.8) is 0 Å². The van der Waals surface area contributed by atoms with Crippen LogP contribution < -0.4 is 23.8 Å². The molecule has 0 heterocycles. The largest absolute Gasteiger partial charge is 0.493 e. The molecule has 1 aliphatic rings. The highest BCUT2D eigenvalue weighted by Crippen LogP contribution is 2.41. The third-order valence-corrected chi connectivity index (χ3v) is 5.62. The minimum atomic E-state index is -3.57. The Bertz CT molecular complexity index is 721. The lowest BCUT2D eigenvalue weighted by atomic mass is 9.85. The predicted molar refractivity (Wildman–Crippen MR) is 98.6 cm³/mol. The highest BCUT2D eigenvalue weighted by atomic mass is 32.2. The molecule has 1 N–H and O–H groups in total. The van der Waals surface area contributed by atoms with Crippen LogP contribution in [0.2, 0.25) is 0 Å². The van der Waals surface area contributed by atoms with Crippen molar-refractivity contribution in [3.8, 4) is 17.2 Å². The van der Waals surface area contributed by atoms with E-state index in [4.69, 9.17) is 14.2 Å². The SMILES string of the molecule is COc1cc(N(CCNC(=O)C2CCC2)S(C)(=O)=O)cc(OC)c1OC. The van der Waals surface area contributed by atoms with Gasteiger partial charge in [-0.3, -0.25) is 9.10 Å². The number of nitrogens with zero attached hydrogens (tertiary/aromatic N) is 1. The van der Waals surface area contributed by atoms with Crippen LogP contribution in [0.15, 0.2) is 12.1 Å². The van der Waals surface area contributed by atoms with Crippen LogP contribution in [0.25, 0.3) is 0 Å². The van der Waals surface area contributed by atoms with Crippen molar-refractivity contribution in [2.45, 2.75) is 19.3 Å². The Labute approximate surface area is 154 Å². The fraction of sp³-hybridized carbons (Fsp3) is 0.588. The summed E-state index contributed by atoms with van der Waals surface area (Å²) in [5, 5.41) is 2.80. The van der Waals surface area contributed by atoms with Crippen molar-refractivity contribution in [2.24, 2.45) is 5.92 Å². The summed E-state index contributed by atoms with van der Waals surface area (Å²) in [5.41, 5.74) is 0.375. The van der Waals surface area contributed by atoms with Gasteiger partial charge in [-0.05, 0) is 12.8 Å². The highest BCUT2D eigenvalue weighted by Gasteiger charge is 2.26. The van der Waals surface area contributed by atoms with Crippen LogP contribution >= 0.6 is 0 Å². The molecule has 2 rings (SSSR count). The monoisotopic (exact) mass is 386 g/mol. The molecular weight excluding hydrogens is 360 g/mol. The van der Waals surface area contributed by atoms with Gasteiger partial charge in [0.2, 0.25) is 21.7 Å². The highest BCUT2D eigenvalue weighted by molar-refractivity contribution is 7.92. The fourth-order valence-electron chi connectivity index (χ4n) is 2.79. The van der Waals surface area contributed by atoms with E-state index in [-0.39, 0.29) is 24.9 Å². The molecule has 1 aromatic rings. The smallest absolute Gasteiger partial charge is 0.232 e. The van der Waals surface area contributed by atoms with Crippen LogP contribution in [0.4, 0.5) is 5.69 Å². The summed E-state index contributed by atoms with van der Waals surface area (Å²) in [6.45, 7) is 0.328. The summed E-state index contributed by atoms with van der Waals surface area (Å²) in [4.78, 5) is 11.9. The molecule has 0 atom stereocenters. The van der Waals surface area contributed by atoms with Gasteiger partial charge < -0.3 is 19.5 Å². The van der Waals surface area contributed by atoms with Gasteiger partial charge in [0, 0.05) is 24.6 Å². The summed E-state index contributed by atoms with van der Waals surface area (Å²) in [5.74, 6) is 1.13. The first kappa shape index (κ1) is 20.2. The molecule has 1 aromatic carbocycles. The van der Waals surface area contributed by atoms with Crippen LogP contribution in [0.3, 0.4) is 0 Å². The van der Waals surface area contributed by atoms with Crippen LogP contribution in [0.1, 0.15) is 19.3 Å². The van der Waals surface area contributed by atoms with Gasteiger partial charge in [0.05, 0.1) is 39.8 Å². The molecule has 0 aliphatic heterocycles. The van der Waals surface area contributed by atoms with Gasteiger partial charge >= 0.3 is 0 Å². The number of methoxy groups -OCH3 is 3. The zero-order valence-electron chi connectivity index (χ0n) is 15.6. The molecule has 0 aromatic heterocycles. The molecule has 1 fully saturated rings. The van der Waals surface area contributed by atoms with E-state index in [0.717, 1.165) is 25.5 Å². The second-order valence-electron chi connectivity index (χ2n) is 6.14. The lowest BCUT2D eigenvalue weighted by molar-refractivity contribution is -0.127. The predicted octanol–water partition coefficient (Wildman–Crippen LogP) is 1.39. The van der Waals surface area contributed by atoms with E-state index >= 15 is 0 Å². The summed E-state index contributed by atoms with van der Waals surface area (Å²) in [6.07, 6.45) is 3.98. The molecule has 1 aliphatic carbocycles. The number of carbonyl (C=O) groups excluding carboxylic acids is 1. The quantitative estimate of drug-likeness (QED) is 0.689. The molecule has 0 radical (unpaired) electrons. The van der Waals surface area contributed by atoms with Crippen LogP contribution in [-0.4, -0.2) is 55.0 Å². The molecule has 146 valence electrons. The van der Waals surface area contributed by atoms with Gasteiger partial charge in [0.1, 0.15) is 0 Å². The number of anilines is 1. The normalized spacial score (nSPS) is 14.3. The van der Waals surface area contributed by atoms with E-state index in [1.165, 1.54) is 25.6 Å². The summed E-state index contributed by atoms with van der Waals surface area (Å²) >= 11 is 0. The molecule has 0 saturated heterocycles. The third-order valence-electron chi connectivity index (χ3n) is 4.43. The number of sulfonamides is 1. The van der Waals surface area contributed by atoms with Crippen LogP contribution in [-0.2, 0) is 14.8 Å². The van der Waals surface area contributed by atoms with Gasteiger partial charge in [-0.1, -0.05) is 6.42 Å². The molecular formula is C17H26N2O6S. The number of amides is 1. The second-order valence-corrected chi connectivity index (χ2v) is 8.04. The Hall–Kier alpha value is -2.16. The van der Waals surface area contributed by atoms with Crippen molar-refractivity contribution < 1.29 is 27.4 Å². The fourth-order valence-corrected chi connectivity index (χ4v) is 3.70. The molecule has 1 saturated carbocycles. The number of nitrogens with one attached hydrogen (secondary N) is 1. The Morgan fingerprint density at radius 1 is 1.15 bits per heavy atom. The average molecular weight is 386 g/mol. The molecule has 0 bridgehead atoms. The first-order valence-electron chi connectivity index (χ1n) is 8.37. The number of hydrogen-bond donors (Lipinski definition) is 1. The van der Waals surface area contributed by atoms with Gasteiger partial charge in [0.15, 0.2) is 11.5 Å². The van der Waals surface area contributed by atoms with Gasteiger partial charge in [0.25, 0.3) is 0 Å². The lowest BCUT2D eigenvalue weighted by Crippen LogP contribution is -2.41. The number of carbonyl (C=O) groups is 1. The van der Waals surface area contributed by atoms with Gasteiger partial charge in [-0.25, -0.2) is 8.42 Å². The molecule has 8 nitrogen and oxygen atoms in total. The first-order chi connectivity index (χ1) is 12.3. The minimum Gasteiger partial charge on any atom is -0.493 e. The van der Waals surface area contributed by atoms with Crippen molar-refractivity contribution in [2.75, 3.05) is 45.0 Å². The number of ether oxygens (including phenoxy) is 3. The van der Waals surface area contributed by atoms with Crippen LogP contribution in [0.5, 0.6) is 17.2 Å². The molecule has 9 heteroatoms. The topological polar surface area (TPSA) is 94.2 Å². The zero-order valence-corrected chi connectivity index (χ0v) is 16.4. The van der Waals surface area contributed by atoms with E-state index in [2.05, 4.69) is 5.32 Å². The van der Waals surface area contributed by atoms with E-state index in [9.17, 15) is 13.2 Å². The standard InChI is InChI=1S/C17H26N2O6S/c1-23-14-10-13(11-15(24-2)16(14)25-3)19(26(4,21)22)9-8-18-17(20)12-6-5-7-12/h10-12H,5-9H2,1-4H3,(H,18,20). The molecule has 0 unspecified atom stereocenters. The van der Waals surface area contributed by atoms with Crippen LogP contribution in [0, 0.1) is 5.92 Å². The van der Waals surface area contributed by atoms with Crippen molar-refractivity contribution in [3.05, 3.63) is 12.1 Å². The number of hydrogen-bond acceptors (Lipinski definition) is 6. The van der Waals surface area contributed by atoms with Crippen molar-refractivity contribution >= 4 is 21.6 Å². The van der Waals surface area contributed by atoms with Crippen molar-refractivity contribution in [1.29, 1.82) is 0 Å². The van der Waals surface area contributed by atoms with Crippen molar-refractivity contribution in [1.82, 2.24) is 5.32 Å². The number of benzene rings is 1. The minimum absolute atomic E-state index is 0.0189. The maximum atomic E-state index is 12.3. The molecule has 1 amide bonds. The first-order valence-corrected chi connectivity index (χ1v) is 10.2. The van der Waals surface area contributed by atoms with Gasteiger partial charge in [-0.2, -0.15) is 0 Å². The Morgan fingerprint density at radius 3 is 2.12 bits per heavy atom. The summed E-state index contributed by atoms with van der Waals surface area (Å²) in [6, 6.07) is 3.13. The number of rotatable bonds is 9. The Balaban J connectivity index is 2.22. The zero-order chi connectivity index (χ0) is 19.3. The molecule has 26 heavy (non-hydrogen) atoms. The third kappa shape index (κ3) is 4.51. The summed E-state index contributed by atoms with van der Waals surface area (Å²) in [7, 11) is 0.835. The average Bonchev–Trinajstić information content (AvgIpc) is 2.54. The Kier molecular flexibility index (Phi) is 6.57. The Morgan fingerprint density at radius 2 is 1.73 bits per heavy atom. The maximum absolute atomic E-state index is 12.3.